The highest BCUT2D eigenvalue weighted by Crippen LogP contribution is 2.53. The van der Waals surface area contributed by atoms with Gasteiger partial charge in [-0.15, -0.1) is 0 Å². The number of aryl methyl sites for hydroxylation is 1. The molecule has 4 heteroatoms. The maximum Gasteiger partial charge on any atom is 0.162 e. The molecule has 3 aromatic rings. The number of hydrogen-bond acceptors (Lipinski definition) is 3. The van der Waals surface area contributed by atoms with E-state index in [1.54, 1.807) is 5.56 Å². The Hall–Kier alpha value is -2.40. The molecule has 1 aromatic heterocycles. The second-order valence-electron chi connectivity index (χ2n) is 10.9. The molecule has 2 saturated heterocycles. The van der Waals surface area contributed by atoms with Crippen molar-refractivity contribution in [3.8, 4) is 0 Å². The predicted octanol–water partition coefficient (Wildman–Crippen LogP) is 6.65. The molecule has 5 atom stereocenters. The largest absolute Gasteiger partial charge is 0.350 e. The van der Waals surface area contributed by atoms with Crippen LogP contribution in [0.2, 0.25) is 0 Å². The van der Waals surface area contributed by atoms with E-state index < -0.39 is 0 Å². The van der Waals surface area contributed by atoms with Gasteiger partial charge in [-0.2, -0.15) is 0 Å². The summed E-state index contributed by atoms with van der Waals surface area (Å²) in [6.07, 6.45) is 9.20. The van der Waals surface area contributed by atoms with E-state index in [0.717, 1.165) is 32.2 Å². The molecule has 36 heavy (non-hydrogen) atoms. The topological polar surface area (TPSA) is 26.6 Å². The Kier molecular flexibility index (Phi) is 6.76. The highest BCUT2D eigenvalue weighted by molar-refractivity contribution is 5.86. The molecule has 3 aliphatic heterocycles. The summed E-state index contributed by atoms with van der Waals surface area (Å²) in [7, 11) is 2.28. The van der Waals surface area contributed by atoms with Gasteiger partial charge in [-0.1, -0.05) is 74.5 Å². The standard InChI is InChI=1S/C32H40N2O2/c1-4-6-14-23(5-2)25-19-29-31-26(24-15-10-11-16-27(24)33(31)3)20-28(30(25)32-35-17-18-36-32)34(29)21-22-12-8-7-9-13-22/h6-16,23,25,28-30,32H,4-5,17-21H2,1-3H3/b14-6+/t23?,25-,28-,29-,30-/m0/s1. The molecule has 0 amide bonds. The lowest BCUT2D eigenvalue weighted by Crippen LogP contribution is -2.58. The van der Waals surface area contributed by atoms with Crippen LogP contribution in [-0.4, -0.2) is 35.0 Å². The summed E-state index contributed by atoms with van der Waals surface area (Å²) in [6.45, 7) is 6.98. The maximum absolute atomic E-state index is 6.31. The fraction of sp³-hybridized carbons (Fsp3) is 0.500. The molecular weight excluding hydrogens is 444 g/mol. The molecule has 6 rings (SSSR count). The van der Waals surface area contributed by atoms with Crippen molar-refractivity contribution >= 4 is 10.9 Å². The first-order valence-electron chi connectivity index (χ1n) is 14.0. The Bertz CT molecular complexity index is 1210. The minimum atomic E-state index is -0.111. The molecule has 0 saturated carbocycles. The first-order chi connectivity index (χ1) is 17.7. The summed E-state index contributed by atoms with van der Waals surface area (Å²) in [5, 5.41) is 1.42. The zero-order valence-corrected chi connectivity index (χ0v) is 22.0. The third-order valence-corrected chi connectivity index (χ3v) is 9.06. The molecule has 2 aromatic carbocycles. The average molecular weight is 485 g/mol. The predicted molar refractivity (Wildman–Crippen MR) is 146 cm³/mol. The van der Waals surface area contributed by atoms with Crippen molar-refractivity contribution in [2.45, 2.75) is 64.4 Å². The van der Waals surface area contributed by atoms with Crippen LogP contribution < -0.4 is 0 Å². The molecule has 0 aliphatic carbocycles. The van der Waals surface area contributed by atoms with Gasteiger partial charge in [0.1, 0.15) is 0 Å². The maximum atomic E-state index is 6.31. The molecular formula is C32H40N2O2. The van der Waals surface area contributed by atoms with Crippen LogP contribution in [0.4, 0.5) is 0 Å². The highest BCUT2D eigenvalue weighted by Gasteiger charge is 2.53. The second kappa shape index (κ2) is 10.2. The summed E-state index contributed by atoms with van der Waals surface area (Å²) in [5.41, 5.74) is 5.81. The SMILES string of the molecule is CC/C=C/C(CC)[C@@H]1C[C@H]2c3c(c4ccccc4n3C)C[C@@H]([C@H]1C1OCCO1)N2Cc1ccccc1. The fourth-order valence-electron chi connectivity index (χ4n) is 7.51. The summed E-state index contributed by atoms with van der Waals surface area (Å²) in [6, 6.07) is 20.8. The lowest BCUT2D eigenvalue weighted by molar-refractivity contribution is -0.161. The van der Waals surface area contributed by atoms with Gasteiger partial charge in [-0.3, -0.25) is 4.90 Å². The van der Waals surface area contributed by atoms with E-state index >= 15 is 0 Å². The molecule has 3 aliphatic rings. The first-order valence-corrected chi connectivity index (χ1v) is 14.0. The number of para-hydroxylation sites is 1. The van der Waals surface area contributed by atoms with Gasteiger partial charge in [-0.05, 0) is 54.7 Å². The lowest BCUT2D eigenvalue weighted by Gasteiger charge is -2.55. The van der Waals surface area contributed by atoms with Crippen molar-refractivity contribution in [1.29, 1.82) is 0 Å². The summed E-state index contributed by atoms with van der Waals surface area (Å²) in [4.78, 5) is 2.80. The zero-order valence-electron chi connectivity index (χ0n) is 22.0. The number of hydrogen-bond donors (Lipinski definition) is 0. The van der Waals surface area contributed by atoms with Gasteiger partial charge in [-0.25, -0.2) is 0 Å². The number of fused-ring (bicyclic) bond motifs is 6. The van der Waals surface area contributed by atoms with Gasteiger partial charge in [0.05, 0.1) is 19.3 Å². The Balaban J connectivity index is 1.50. The first kappa shape index (κ1) is 24.0. The molecule has 4 heterocycles. The number of nitrogens with zero attached hydrogens (tertiary/aromatic N) is 2. The Morgan fingerprint density at radius 2 is 1.75 bits per heavy atom. The average Bonchev–Trinajstić information content (AvgIpc) is 3.53. The summed E-state index contributed by atoms with van der Waals surface area (Å²) < 4.78 is 15.1. The summed E-state index contributed by atoms with van der Waals surface area (Å²) >= 11 is 0. The van der Waals surface area contributed by atoms with E-state index in [-0.39, 0.29) is 6.29 Å². The van der Waals surface area contributed by atoms with E-state index in [4.69, 9.17) is 9.47 Å². The molecule has 2 fully saturated rings. The van der Waals surface area contributed by atoms with E-state index in [0.29, 0.717) is 43.1 Å². The smallest absolute Gasteiger partial charge is 0.162 e. The van der Waals surface area contributed by atoms with E-state index in [2.05, 4.69) is 97.1 Å². The molecule has 0 radical (unpaired) electrons. The highest BCUT2D eigenvalue weighted by atomic mass is 16.7. The third kappa shape index (κ3) is 4.04. The van der Waals surface area contributed by atoms with Crippen LogP contribution in [0.3, 0.4) is 0 Å². The van der Waals surface area contributed by atoms with Crippen LogP contribution in [0.1, 0.15) is 56.0 Å². The minimum Gasteiger partial charge on any atom is -0.350 e. The van der Waals surface area contributed by atoms with Gasteiger partial charge in [0.25, 0.3) is 0 Å². The van der Waals surface area contributed by atoms with Crippen LogP contribution >= 0.6 is 0 Å². The quantitative estimate of drug-likeness (QED) is 0.351. The van der Waals surface area contributed by atoms with Crippen molar-refractivity contribution in [2.24, 2.45) is 24.8 Å². The Labute approximate surface area is 215 Å². The molecule has 2 bridgehead atoms. The molecule has 0 spiro atoms. The van der Waals surface area contributed by atoms with Crippen molar-refractivity contribution in [2.75, 3.05) is 13.2 Å². The van der Waals surface area contributed by atoms with E-state index in [9.17, 15) is 0 Å². The number of piperidine rings is 1. The van der Waals surface area contributed by atoms with Crippen LogP contribution in [-0.2, 0) is 29.5 Å². The van der Waals surface area contributed by atoms with Crippen LogP contribution in [0.15, 0.2) is 66.7 Å². The lowest BCUT2D eigenvalue weighted by atomic mass is 9.65. The number of ether oxygens (including phenoxy) is 2. The fourth-order valence-corrected chi connectivity index (χ4v) is 7.51. The molecule has 4 nitrogen and oxygen atoms in total. The monoisotopic (exact) mass is 484 g/mol. The Morgan fingerprint density at radius 3 is 2.50 bits per heavy atom. The zero-order chi connectivity index (χ0) is 24.6. The third-order valence-electron chi connectivity index (χ3n) is 9.06. The van der Waals surface area contributed by atoms with Crippen molar-refractivity contribution in [1.82, 2.24) is 9.47 Å². The van der Waals surface area contributed by atoms with Crippen LogP contribution in [0, 0.1) is 17.8 Å². The summed E-state index contributed by atoms with van der Waals surface area (Å²) in [5.74, 6) is 1.43. The van der Waals surface area contributed by atoms with Crippen LogP contribution in [0.5, 0.6) is 0 Å². The van der Waals surface area contributed by atoms with Gasteiger partial charge in [0.2, 0.25) is 0 Å². The molecule has 190 valence electrons. The van der Waals surface area contributed by atoms with Crippen LogP contribution in [0.25, 0.3) is 10.9 Å². The van der Waals surface area contributed by atoms with E-state index in [1.165, 1.54) is 22.2 Å². The number of aromatic nitrogens is 1. The molecule has 0 N–H and O–H groups in total. The van der Waals surface area contributed by atoms with Crippen molar-refractivity contribution < 1.29 is 9.47 Å². The van der Waals surface area contributed by atoms with E-state index in [1.807, 2.05) is 0 Å². The van der Waals surface area contributed by atoms with Crippen molar-refractivity contribution in [3.05, 3.63) is 83.6 Å². The number of allylic oxidation sites excluding steroid dienone is 2. The van der Waals surface area contributed by atoms with Gasteiger partial charge in [0, 0.05) is 42.1 Å². The normalized spacial score (nSPS) is 27.6. The van der Waals surface area contributed by atoms with Gasteiger partial charge < -0.3 is 14.0 Å². The minimum absolute atomic E-state index is 0.111. The number of benzene rings is 2. The van der Waals surface area contributed by atoms with Crippen molar-refractivity contribution in [3.63, 3.8) is 0 Å². The molecule has 1 unspecified atom stereocenters. The van der Waals surface area contributed by atoms with Gasteiger partial charge in [0.15, 0.2) is 6.29 Å². The Morgan fingerprint density at radius 1 is 1.00 bits per heavy atom. The second-order valence-corrected chi connectivity index (χ2v) is 10.9. The number of rotatable bonds is 7. The van der Waals surface area contributed by atoms with Gasteiger partial charge >= 0.3 is 0 Å².